The van der Waals surface area contributed by atoms with Gasteiger partial charge in [0.1, 0.15) is 0 Å². The first-order valence-corrected chi connectivity index (χ1v) is 10.4. The molecule has 26 heavy (non-hydrogen) atoms. The first-order valence-electron chi connectivity index (χ1n) is 8.95. The van der Waals surface area contributed by atoms with Crippen molar-refractivity contribution >= 4 is 15.9 Å². The van der Waals surface area contributed by atoms with Crippen LogP contribution < -0.4 is 10.3 Å². The number of aryl methyl sites for hydroxylation is 1. The van der Waals surface area contributed by atoms with E-state index in [1.54, 1.807) is 37.3 Å². The topological polar surface area (TPSA) is 75.3 Å². The van der Waals surface area contributed by atoms with E-state index >= 15 is 0 Å². The van der Waals surface area contributed by atoms with E-state index in [0.29, 0.717) is 11.5 Å². The third-order valence-electron chi connectivity index (χ3n) is 4.96. The molecule has 0 saturated heterocycles. The van der Waals surface area contributed by atoms with E-state index in [1.165, 1.54) is 24.8 Å². The smallest absolute Gasteiger partial charge is 0.266 e. The predicted molar refractivity (Wildman–Crippen MR) is 101 cm³/mol. The van der Waals surface area contributed by atoms with Crippen molar-refractivity contribution in [1.29, 1.82) is 0 Å². The number of carbonyl (C=O) groups excluding carboxylic acids is 1. The van der Waals surface area contributed by atoms with Crippen LogP contribution in [0.2, 0.25) is 0 Å². The zero-order valence-corrected chi connectivity index (χ0v) is 15.7. The number of amides is 1. The first kappa shape index (κ1) is 18.6. The highest BCUT2D eigenvalue weighted by Gasteiger charge is 2.19. The summed E-state index contributed by atoms with van der Waals surface area (Å²) in [4.78, 5) is 14.5. The summed E-state index contributed by atoms with van der Waals surface area (Å²) in [6, 6.07) is 14.0. The number of carbonyl (C=O) groups is 1. The monoisotopic (exact) mass is 372 g/mol. The van der Waals surface area contributed by atoms with Gasteiger partial charge in [0.15, 0.2) is 0 Å². The summed E-state index contributed by atoms with van der Waals surface area (Å²) in [6.07, 6.45) is 6.08. The molecule has 138 valence electrons. The molecule has 2 aromatic rings. The van der Waals surface area contributed by atoms with Crippen LogP contribution >= 0.6 is 0 Å². The van der Waals surface area contributed by atoms with Crippen molar-refractivity contribution in [2.24, 2.45) is 0 Å². The summed E-state index contributed by atoms with van der Waals surface area (Å²) >= 11 is 0. The van der Waals surface area contributed by atoms with Crippen molar-refractivity contribution in [3.63, 3.8) is 0 Å². The van der Waals surface area contributed by atoms with Crippen LogP contribution in [0, 0.1) is 6.92 Å². The molecule has 1 aliphatic carbocycles. The molecule has 0 atom stereocenters. The molecule has 0 unspecified atom stereocenters. The first-order chi connectivity index (χ1) is 12.5. The molecule has 0 radical (unpaired) electrons. The molecule has 2 aromatic carbocycles. The number of nitrogens with one attached hydrogen (secondary N) is 2. The molecule has 6 heteroatoms. The Labute approximate surface area is 154 Å². The van der Waals surface area contributed by atoms with Gasteiger partial charge in [0.25, 0.3) is 15.9 Å². The van der Waals surface area contributed by atoms with Gasteiger partial charge < -0.3 is 0 Å². The van der Waals surface area contributed by atoms with Gasteiger partial charge in [0, 0.05) is 5.56 Å². The maximum atomic E-state index is 12.4. The Hall–Kier alpha value is -2.18. The van der Waals surface area contributed by atoms with Crippen LogP contribution in [0.25, 0.3) is 0 Å². The van der Waals surface area contributed by atoms with Crippen LogP contribution in [0.3, 0.4) is 0 Å². The lowest BCUT2D eigenvalue weighted by Crippen LogP contribution is -2.41. The minimum atomic E-state index is -3.81. The molecule has 0 heterocycles. The molecule has 3 rings (SSSR count). The van der Waals surface area contributed by atoms with E-state index < -0.39 is 15.9 Å². The van der Waals surface area contributed by atoms with E-state index in [1.807, 2.05) is 18.2 Å². The van der Waals surface area contributed by atoms with Crippen LogP contribution in [-0.2, 0) is 10.0 Å². The second kappa shape index (κ2) is 8.01. The maximum Gasteiger partial charge on any atom is 0.266 e. The fraction of sp³-hybridized carbons (Fsp3) is 0.350. The Bertz CT molecular complexity index is 870. The minimum Gasteiger partial charge on any atom is -0.273 e. The molecule has 2 N–H and O–H groups in total. The van der Waals surface area contributed by atoms with Crippen LogP contribution in [-0.4, -0.2) is 14.3 Å². The molecule has 1 saturated carbocycles. The molecular weight excluding hydrogens is 348 g/mol. The van der Waals surface area contributed by atoms with Gasteiger partial charge in [0.05, 0.1) is 4.90 Å². The van der Waals surface area contributed by atoms with Crippen molar-refractivity contribution in [3.05, 3.63) is 65.2 Å². The van der Waals surface area contributed by atoms with Gasteiger partial charge in [-0.2, -0.15) is 0 Å². The zero-order chi connectivity index (χ0) is 18.6. The summed E-state index contributed by atoms with van der Waals surface area (Å²) in [6.45, 7) is 1.80. The van der Waals surface area contributed by atoms with Gasteiger partial charge in [-0.25, -0.2) is 8.42 Å². The highest BCUT2D eigenvalue weighted by Crippen LogP contribution is 2.32. The average molecular weight is 372 g/mol. The van der Waals surface area contributed by atoms with Gasteiger partial charge >= 0.3 is 0 Å². The normalized spacial score (nSPS) is 15.6. The molecule has 0 aliphatic heterocycles. The zero-order valence-electron chi connectivity index (χ0n) is 14.9. The Morgan fingerprint density at radius 3 is 2.27 bits per heavy atom. The summed E-state index contributed by atoms with van der Waals surface area (Å²) in [5.74, 6) is 0.0414. The molecule has 1 aliphatic rings. The van der Waals surface area contributed by atoms with E-state index in [9.17, 15) is 13.2 Å². The highest BCUT2D eigenvalue weighted by molar-refractivity contribution is 7.89. The number of hydrazine groups is 1. The Kier molecular flexibility index (Phi) is 5.74. The lowest BCUT2D eigenvalue weighted by atomic mass is 9.84. The summed E-state index contributed by atoms with van der Waals surface area (Å²) in [5.41, 5.74) is 4.68. The van der Waals surface area contributed by atoms with Crippen molar-refractivity contribution < 1.29 is 13.2 Å². The van der Waals surface area contributed by atoms with Crippen molar-refractivity contribution in [1.82, 2.24) is 10.3 Å². The van der Waals surface area contributed by atoms with Gasteiger partial charge in [-0.1, -0.05) is 49.6 Å². The van der Waals surface area contributed by atoms with Gasteiger partial charge in [-0.05, 0) is 55.0 Å². The van der Waals surface area contributed by atoms with E-state index in [-0.39, 0.29) is 4.90 Å². The van der Waals surface area contributed by atoms with Crippen molar-refractivity contribution in [3.8, 4) is 0 Å². The fourth-order valence-corrected chi connectivity index (χ4v) is 4.26. The summed E-state index contributed by atoms with van der Waals surface area (Å²) in [7, 11) is -3.81. The largest absolute Gasteiger partial charge is 0.273 e. The molecule has 0 aromatic heterocycles. The van der Waals surface area contributed by atoms with E-state index in [0.717, 1.165) is 18.4 Å². The Balaban J connectivity index is 1.66. The minimum absolute atomic E-state index is 0.141. The Morgan fingerprint density at radius 2 is 1.62 bits per heavy atom. The van der Waals surface area contributed by atoms with Crippen molar-refractivity contribution in [2.45, 2.75) is 49.8 Å². The van der Waals surface area contributed by atoms with Crippen LogP contribution in [0.5, 0.6) is 0 Å². The molecule has 0 spiro atoms. The third kappa shape index (κ3) is 4.31. The lowest BCUT2D eigenvalue weighted by molar-refractivity contribution is 0.0944. The van der Waals surface area contributed by atoms with Gasteiger partial charge in [-0.3, -0.25) is 10.2 Å². The highest BCUT2D eigenvalue weighted by atomic mass is 32.2. The fourth-order valence-electron chi connectivity index (χ4n) is 3.42. The second-order valence-electron chi connectivity index (χ2n) is 6.78. The Morgan fingerprint density at radius 1 is 0.962 bits per heavy atom. The number of rotatable bonds is 5. The van der Waals surface area contributed by atoms with Gasteiger partial charge in [-0.15, -0.1) is 4.83 Å². The molecule has 1 fully saturated rings. The predicted octanol–water partition coefficient (Wildman–Crippen LogP) is 3.67. The number of sulfonamides is 1. The molecule has 1 amide bonds. The molecular formula is C20H24N2O3S. The lowest BCUT2D eigenvalue weighted by Gasteiger charge is -2.22. The molecule has 5 nitrogen and oxygen atoms in total. The van der Waals surface area contributed by atoms with E-state index in [2.05, 4.69) is 10.3 Å². The van der Waals surface area contributed by atoms with Crippen molar-refractivity contribution in [2.75, 3.05) is 0 Å². The average Bonchev–Trinajstić information content (AvgIpc) is 2.67. The quantitative estimate of drug-likeness (QED) is 0.787. The maximum absolute atomic E-state index is 12.4. The summed E-state index contributed by atoms with van der Waals surface area (Å²) < 4.78 is 24.8. The standard InChI is InChI=1S/C20H24N2O3S/c1-15-7-5-6-10-19(15)20(23)21-22-26(24,25)18-13-11-17(12-14-18)16-8-3-2-4-9-16/h5-7,10-14,16,22H,2-4,8-9H2,1H3,(H,21,23). The second-order valence-corrected chi connectivity index (χ2v) is 8.46. The van der Waals surface area contributed by atoms with Crippen LogP contribution in [0.15, 0.2) is 53.4 Å². The third-order valence-corrected chi connectivity index (χ3v) is 6.22. The van der Waals surface area contributed by atoms with Crippen LogP contribution in [0.4, 0.5) is 0 Å². The number of hydrogen-bond donors (Lipinski definition) is 2. The SMILES string of the molecule is Cc1ccccc1C(=O)NNS(=O)(=O)c1ccc(C2CCCCC2)cc1. The number of hydrogen-bond acceptors (Lipinski definition) is 3. The van der Waals surface area contributed by atoms with E-state index in [4.69, 9.17) is 0 Å². The summed E-state index contributed by atoms with van der Waals surface area (Å²) in [5, 5.41) is 0. The van der Waals surface area contributed by atoms with Gasteiger partial charge in [0.2, 0.25) is 0 Å². The van der Waals surface area contributed by atoms with Crippen LogP contribution in [0.1, 0.15) is 59.5 Å². The number of benzene rings is 2. The molecule has 0 bridgehead atoms.